The van der Waals surface area contributed by atoms with Crippen LogP contribution in [0.15, 0.2) is 52.9 Å². The summed E-state index contributed by atoms with van der Waals surface area (Å²) in [5.74, 6) is -0.751. The fourth-order valence-corrected chi connectivity index (χ4v) is 3.04. The number of hydrogen-bond donors (Lipinski definition) is 2. The van der Waals surface area contributed by atoms with Gasteiger partial charge in [-0.25, -0.2) is 4.98 Å². The molecule has 0 saturated heterocycles. The Morgan fingerprint density at radius 2 is 1.73 bits per heavy atom. The van der Waals surface area contributed by atoms with Crippen LogP contribution in [0.5, 0.6) is 0 Å². The zero-order valence-electron chi connectivity index (χ0n) is 18.3. The van der Waals surface area contributed by atoms with Crippen molar-refractivity contribution in [3.63, 3.8) is 0 Å². The van der Waals surface area contributed by atoms with Crippen molar-refractivity contribution in [1.82, 2.24) is 15.2 Å². The normalized spacial score (nSPS) is 11.5. The van der Waals surface area contributed by atoms with Crippen LogP contribution in [0, 0.1) is 0 Å². The van der Waals surface area contributed by atoms with Gasteiger partial charge in [0.1, 0.15) is 0 Å². The maximum absolute atomic E-state index is 12.9. The molecule has 33 heavy (non-hydrogen) atoms. The van der Waals surface area contributed by atoms with Gasteiger partial charge in [0.25, 0.3) is 5.91 Å². The zero-order valence-corrected chi connectivity index (χ0v) is 18.3. The Balaban J connectivity index is 2.05. The Morgan fingerprint density at radius 1 is 1.06 bits per heavy atom. The lowest BCUT2D eigenvalue weighted by atomic mass is 10.1. The number of hydrogen-bond acceptors (Lipinski definition) is 5. The van der Waals surface area contributed by atoms with Gasteiger partial charge < -0.3 is 20.0 Å². The number of aromatic nitrogens is 1. The summed E-state index contributed by atoms with van der Waals surface area (Å²) >= 11 is 0. The lowest BCUT2D eigenvalue weighted by Gasteiger charge is -2.11. The number of carbonyl (C=O) groups excluding carboxylic acids is 2. The van der Waals surface area contributed by atoms with E-state index in [2.05, 4.69) is 15.6 Å². The molecule has 2 N–H and O–H groups in total. The minimum atomic E-state index is -4.48. The van der Waals surface area contributed by atoms with Crippen molar-refractivity contribution >= 4 is 17.5 Å². The fraction of sp³-hybridized carbons (Fsp3) is 0.261. The van der Waals surface area contributed by atoms with Crippen molar-refractivity contribution in [3.8, 4) is 22.8 Å². The molecule has 2 amide bonds. The van der Waals surface area contributed by atoms with E-state index in [0.717, 1.165) is 12.1 Å². The van der Waals surface area contributed by atoms with Crippen LogP contribution in [0.1, 0.15) is 23.0 Å². The van der Waals surface area contributed by atoms with E-state index in [4.69, 9.17) is 4.42 Å². The third-order valence-electron chi connectivity index (χ3n) is 4.63. The van der Waals surface area contributed by atoms with Crippen LogP contribution in [0.3, 0.4) is 0 Å². The summed E-state index contributed by atoms with van der Waals surface area (Å²) in [6.07, 6.45) is -4.48. The van der Waals surface area contributed by atoms with Crippen molar-refractivity contribution in [2.75, 3.05) is 32.5 Å². The molecule has 0 aliphatic heterocycles. The second kappa shape index (κ2) is 9.86. The lowest BCUT2D eigenvalue weighted by molar-refractivity contribution is -0.137. The van der Waals surface area contributed by atoms with Gasteiger partial charge in [-0.3, -0.25) is 9.59 Å². The molecule has 10 heteroatoms. The molecular formula is C23H23F3N4O3. The number of amides is 2. The number of anilines is 1. The number of halogens is 3. The van der Waals surface area contributed by atoms with E-state index in [1.807, 2.05) is 19.0 Å². The first-order valence-electron chi connectivity index (χ1n) is 10.0. The van der Waals surface area contributed by atoms with Gasteiger partial charge in [-0.15, -0.1) is 0 Å². The topological polar surface area (TPSA) is 87.5 Å². The quantitative estimate of drug-likeness (QED) is 0.550. The highest BCUT2D eigenvalue weighted by atomic mass is 19.4. The Hall–Kier alpha value is -3.66. The number of rotatable bonds is 7. The first kappa shape index (κ1) is 24.0. The predicted octanol–water partition coefficient (Wildman–Crippen LogP) is 4.28. The van der Waals surface area contributed by atoms with Crippen LogP contribution in [0.25, 0.3) is 22.8 Å². The number of alkyl halides is 3. The minimum absolute atomic E-state index is 0.0193. The average molecular weight is 460 g/mol. The van der Waals surface area contributed by atoms with E-state index in [-0.39, 0.29) is 28.8 Å². The van der Waals surface area contributed by atoms with Gasteiger partial charge >= 0.3 is 6.18 Å². The average Bonchev–Trinajstić information content (AvgIpc) is 3.18. The Kier molecular flexibility index (Phi) is 7.17. The first-order chi connectivity index (χ1) is 15.6. The summed E-state index contributed by atoms with van der Waals surface area (Å²) in [7, 11) is 3.72. The molecule has 0 fully saturated rings. The summed E-state index contributed by atoms with van der Waals surface area (Å²) in [4.78, 5) is 30.7. The van der Waals surface area contributed by atoms with Crippen molar-refractivity contribution in [1.29, 1.82) is 0 Å². The standard InChI is InChI=1S/C23H23F3N4O3/c1-14(31)28-18-7-5-4-6-17(18)20-19(21(32)27-12-13-30(2)3)29-22(33-20)15-8-10-16(11-9-15)23(24,25)26/h4-11H,12-13H2,1-3H3,(H,27,32)(H,28,31). The van der Waals surface area contributed by atoms with Gasteiger partial charge in [-0.2, -0.15) is 13.2 Å². The molecule has 0 saturated carbocycles. The van der Waals surface area contributed by atoms with E-state index in [1.54, 1.807) is 24.3 Å². The molecule has 0 bridgehead atoms. The molecule has 0 unspecified atom stereocenters. The van der Waals surface area contributed by atoms with Crippen LogP contribution in [-0.4, -0.2) is 48.9 Å². The second-order valence-electron chi connectivity index (χ2n) is 7.56. The van der Waals surface area contributed by atoms with Gasteiger partial charge in [-0.1, -0.05) is 12.1 Å². The van der Waals surface area contributed by atoms with E-state index in [9.17, 15) is 22.8 Å². The maximum Gasteiger partial charge on any atom is 0.416 e. The molecule has 0 atom stereocenters. The smallest absolute Gasteiger partial charge is 0.416 e. The summed E-state index contributed by atoms with van der Waals surface area (Å²) in [6, 6.07) is 11.0. The molecule has 1 aromatic heterocycles. The van der Waals surface area contributed by atoms with E-state index in [1.165, 1.54) is 19.1 Å². The summed E-state index contributed by atoms with van der Waals surface area (Å²) in [5.41, 5.74) is 0.240. The molecule has 3 aromatic rings. The van der Waals surface area contributed by atoms with E-state index < -0.39 is 17.6 Å². The first-order valence-corrected chi connectivity index (χ1v) is 10.0. The molecule has 3 rings (SSSR count). The fourth-order valence-electron chi connectivity index (χ4n) is 3.04. The van der Waals surface area contributed by atoms with Crippen LogP contribution in [0.4, 0.5) is 18.9 Å². The number of likely N-dealkylation sites (N-methyl/N-ethyl adjacent to an activating group) is 1. The molecule has 7 nitrogen and oxygen atoms in total. The van der Waals surface area contributed by atoms with Crippen molar-refractivity contribution in [2.45, 2.75) is 13.1 Å². The molecule has 1 heterocycles. The SMILES string of the molecule is CC(=O)Nc1ccccc1-c1oc(-c2ccc(C(F)(F)F)cc2)nc1C(=O)NCCN(C)C. The van der Waals surface area contributed by atoms with Crippen LogP contribution < -0.4 is 10.6 Å². The summed E-state index contributed by atoms with van der Waals surface area (Å²) in [5, 5.41) is 5.43. The predicted molar refractivity (Wildman–Crippen MR) is 118 cm³/mol. The number of nitrogens with one attached hydrogen (secondary N) is 2. The Bertz CT molecular complexity index is 1140. The largest absolute Gasteiger partial charge is 0.435 e. The monoisotopic (exact) mass is 460 g/mol. The van der Waals surface area contributed by atoms with Gasteiger partial charge in [0.15, 0.2) is 11.5 Å². The van der Waals surface area contributed by atoms with Crippen LogP contribution in [-0.2, 0) is 11.0 Å². The number of benzene rings is 2. The van der Waals surface area contributed by atoms with Gasteiger partial charge in [0.2, 0.25) is 11.8 Å². The van der Waals surface area contributed by atoms with E-state index >= 15 is 0 Å². The summed E-state index contributed by atoms with van der Waals surface area (Å²) in [6.45, 7) is 2.29. The van der Waals surface area contributed by atoms with Gasteiger partial charge in [-0.05, 0) is 50.5 Å². The summed E-state index contributed by atoms with van der Waals surface area (Å²) < 4.78 is 44.6. The highest BCUT2D eigenvalue weighted by Crippen LogP contribution is 2.36. The second-order valence-corrected chi connectivity index (χ2v) is 7.56. The van der Waals surface area contributed by atoms with Crippen LogP contribution in [0.2, 0.25) is 0 Å². The number of para-hydroxylation sites is 1. The van der Waals surface area contributed by atoms with Gasteiger partial charge in [0.05, 0.1) is 11.3 Å². The zero-order chi connectivity index (χ0) is 24.2. The Morgan fingerprint density at radius 3 is 2.33 bits per heavy atom. The lowest BCUT2D eigenvalue weighted by Crippen LogP contribution is -2.31. The Labute approximate surface area is 188 Å². The minimum Gasteiger partial charge on any atom is -0.435 e. The third kappa shape index (κ3) is 5.98. The maximum atomic E-state index is 12.9. The van der Waals surface area contributed by atoms with Crippen molar-refractivity contribution in [3.05, 3.63) is 59.8 Å². The highest BCUT2D eigenvalue weighted by molar-refractivity contribution is 6.01. The highest BCUT2D eigenvalue weighted by Gasteiger charge is 2.30. The third-order valence-corrected chi connectivity index (χ3v) is 4.63. The molecule has 0 spiro atoms. The molecule has 0 aliphatic rings. The van der Waals surface area contributed by atoms with Gasteiger partial charge in [0, 0.05) is 31.1 Å². The number of carbonyl (C=O) groups is 2. The molecule has 0 radical (unpaired) electrons. The van der Waals surface area contributed by atoms with Crippen LogP contribution >= 0.6 is 0 Å². The molecule has 174 valence electrons. The molecule has 2 aromatic carbocycles. The van der Waals surface area contributed by atoms with Crippen molar-refractivity contribution in [2.24, 2.45) is 0 Å². The van der Waals surface area contributed by atoms with Crippen molar-refractivity contribution < 1.29 is 27.2 Å². The molecule has 0 aliphatic carbocycles. The van der Waals surface area contributed by atoms with E-state index in [0.29, 0.717) is 24.3 Å². The molecular weight excluding hydrogens is 437 g/mol. The number of nitrogens with zero attached hydrogens (tertiary/aromatic N) is 2. The number of oxazole rings is 1.